The Morgan fingerprint density at radius 2 is 2.00 bits per heavy atom. The fraction of sp³-hybridized carbons (Fsp3) is 0.944. The van der Waals surface area contributed by atoms with Crippen LogP contribution in [0.3, 0.4) is 0 Å². The summed E-state index contributed by atoms with van der Waals surface area (Å²) in [5, 5.41) is 6.87. The van der Waals surface area contributed by atoms with E-state index in [1.807, 2.05) is 0 Å². The molecule has 1 saturated carbocycles. The fourth-order valence-corrected chi connectivity index (χ4v) is 3.62. The van der Waals surface area contributed by atoms with E-state index >= 15 is 0 Å². The second-order valence-corrected chi connectivity index (χ2v) is 7.09. The average molecular weight is 452 g/mol. The van der Waals surface area contributed by atoms with Crippen molar-refractivity contribution in [1.29, 1.82) is 0 Å². The molecule has 0 aromatic heterocycles. The Morgan fingerprint density at radius 1 is 1.21 bits per heavy atom. The molecular weight excluding hydrogens is 415 g/mol. The van der Waals surface area contributed by atoms with E-state index in [2.05, 4.69) is 29.4 Å². The van der Waals surface area contributed by atoms with Crippen LogP contribution in [0.1, 0.15) is 46.0 Å². The molecule has 0 spiro atoms. The summed E-state index contributed by atoms with van der Waals surface area (Å²) in [6, 6.07) is 0. The maximum Gasteiger partial charge on any atom is 0.191 e. The fourth-order valence-electron chi connectivity index (χ4n) is 3.62. The van der Waals surface area contributed by atoms with E-state index in [9.17, 15) is 0 Å². The van der Waals surface area contributed by atoms with Gasteiger partial charge in [0.25, 0.3) is 0 Å². The highest BCUT2D eigenvalue weighted by Gasteiger charge is 2.18. The van der Waals surface area contributed by atoms with Crippen LogP contribution in [0.2, 0.25) is 0 Å². The molecule has 1 aliphatic heterocycles. The van der Waals surface area contributed by atoms with Crippen molar-refractivity contribution in [2.45, 2.75) is 46.0 Å². The number of morpholine rings is 1. The van der Waals surface area contributed by atoms with Crippen molar-refractivity contribution in [2.75, 3.05) is 52.5 Å². The number of ether oxygens (including phenoxy) is 1. The summed E-state index contributed by atoms with van der Waals surface area (Å²) in [5.74, 6) is 2.66. The molecule has 2 unspecified atom stereocenters. The summed E-state index contributed by atoms with van der Waals surface area (Å²) in [6.45, 7) is 12.5. The Balaban J connectivity index is 0.00000288. The molecule has 6 heteroatoms. The number of hydrogen-bond donors (Lipinski definition) is 2. The van der Waals surface area contributed by atoms with Gasteiger partial charge < -0.3 is 15.4 Å². The topological polar surface area (TPSA) is 48.9 Å². The predicted octanol–water partition coefficient (Wildman–Crippen LogP) is 2.71. The number of halogens is 1. The first-order chi connectivity index (χ1) is 11.3. The Labute approximate surface area is 165 Å². The van der Waals surface area contributed by atoms with Crippen molar-refractivity contribution < 1.29 is 4.74 Å². The van der Waals surface area contributed by atoms with Crippen molar-refractivity contribution in [3.05, 3.63) is 0 Å². The van der Waals surface area contributed by atoms with E-state index < -0.39 is 0 Å². The maximum absolute atomic E-state index is 5.39. The molecular formula is C18H37IN4O. The monoisotopic (exact) mass is 452 g/mol. The van der Waals surface area contributed by atoms with Gasteiger partial charge in [0.1, 0.15) is 0 Å². The summed E-state index contributed by atoms with van der Waals surface area (Å²) < 4.78 is 5.39. The molecule has 0 radical (unpaired) electrons. The first-order valence-corrected chi connectivity index (χ1v) is 9.60. The number of nitrogens with one attached hydrogen (secondary N) is 2. The molecule has 1 saturated heterocycles. The van der Waals surface area contributed by atoms with Crippen LogP contribution in [0.4, 0.5) is 0 Å². The lowest BCUT2D eigenvalue weighted by atomic mass is 9.82. The third-order valence-electron chi connectivity index (χ3n) is 4.94. The highest BCUT2D eigenvalue weighted by Crippen LogP contribution is 2.28. The summed E-state index contributed by atoms with van der Waals surface area (Å²) in [4.78, 5) is 7.30. The van der Waals surface area contributed by atoms with Crippen molar-refractivity contribution in [2.24, 2.45) is 16.8 Å². The first-order valence-electron chi connectivity index (χ1n) is 9.60. The highest BCUT2D eigenvalue weighted by atomic mass is 127. The molecule has 2 rings (SSSR count). The van der Waals surface area contributed by atoms with E-state index in [1.54, 1.807) is 0 Å². The zero-order chi connectivity index (χ0) is 16.3. The van der Waals surface area contributed by atoms with Crippen LogP contribution in [0, 0.1) is 11.8 Å². The predicted molar refractivity (Wildman–Crippen MR) is 112 cm³/mol. The molecule has 5 nitrogen and oxygen atoms in total. The van der Waals surface area contributed by atoms with Crippen LogP contribution in [0.5, 0.6) is 0 Å². The Morgan fingerprint density at radius 3 is 2.71 bits per heavy atom. The van der Waals surface area contributed by atoms with Crippen LogP contribution >= 0.6 is 24.0 Å². The van der Waals surface area contributed by atoms with Crippen molar-refractivity contribution >= 4 is 29.9 Å². The molecule has 1 heterocycles. The second-order valence-electron chi connectivity index (χ2n) is 7.09. The van der Waals surface area contributed by atoms with Gasteiger partial charge in [-0.05, 0) is 44.6 Å². The SMILES string of the molecule is CCNC(=NCC1CCCC(C)C1)NCCCN1CCOCC1.I. The molecule has 0 aromatic carbocycles. The van der Waals surface area contributed by atoms with Gasteiger partial charge in [0.15, 0.2) is 5.96 Å². The number of rotatable bonds is 7. The van der Waals surface area contributed by atoms with Crippen molar-refractivity contribution in [3.63, 3.8) is 0 Å². The van der Waals surface area contributed by atoms with Gasteiger partial charge in [-0.15, -0.1) is 24.0 Å². The third kappa shape index (κ3) is 8.85. The van der Waals surface area contributed by atoms with Gasteiger partial charge in [-0.3, -0.25) is 9.89 Å². The van der Waals surface area contributed by atoms with Gasteiger partial charge in [0.2, 0.25) is 0 Å². The molecule has 1 aliphatic carbocycles. The minimum absolute atomic E-state index is 0. The van der Waals surface area contributed by atoms with Gasteiger partial charge >= 0.3 is 0 Å². The lowest BCUT2D eigenvalue weighted by Crippen LogP contribution is -2.41. The van der Waals surface area contributed by atoms with E-state index in [-0.39, 0.29) is 24.0 Å². The van der Waals surface area contributed by atoms with Gasteiger partial charge in [-0.2, -0.15) is 0 Å². The standard InChI is InChI=1S/C18H36N4O.HI/c1-3-19-18(21-15-17-7-4-6-16(2)14-17)20-8-5-9-22-10-12-23-13-11-22;/h16-17H,3-15H2,1-2H3,(H2,19,20,21);1H. The molecule has 0 bridgehead atoms. The van der Waals surface area contributed by atoms with Crippen LogP contribution < -0.4 is 10.6 Å². The Hall–Kier alpha value is -0.0800. The largest absolute Gasteiger partial charge is 0.379 e. The molecule has 2 N–H and O–H groups in total. The van der Waals surface area contributed by atoms with Gasteiger partial charge in [0, 0.05) is 32.7 Å². The summed E-state index contributed by atoms with van der Waals surface area (Å²) in [7, 11) is 0. The number of nitrogens with zero attached hydrogens (tertiary/aromatic N) is 2. The number of hydrogen-bond acceptors (Lipinski definition) is 3. The van der Waals surface area contributed by atoms with E-state index in [0.29, 0.717) is 0 Å². The molecule has 0 aromatic rings. The van der Waals surface area contributed by atoms with Crippen LogP contribution in [0.15, 0.2) is 4.99 Å². The normalized spacial score (nSPS) is 25.8. The smallest absolute Gasteiger partial charge is 0.191 e. The minimum atomic E-state index is 0. The Bertz CT molecular complexity index is 348. The molecule has 2 aliphatic rings. The van der Waals surface area contributed by atoms with E-state index in [4.69, 9.17) is 9.73 Å². The van der Waals surface area contributed by atoms with Crippen molar-refractivity contribution in [3.8, 4) is 0 Å². The molecule has 2 fully saturated rings. The van der Waals surface area contributed by atoms with Gasteiger partial charge in [-0.25, -0.2) is 0 Å². The van der Waals surface area contributed by atoms with E-state index in [1.165, 1.54) is 25.7 Å². The lowest BCUT2D eigenvalue weighted by Gasteiger charge is -2.26. The molecule has 2 atom stereocenters. The van der Waals surface area contributed by atoms with Gasteiger partial charge in [0.05, 0.1) is 13.2 Å². The van der Waals surface area contributed by atoms with Crippen LogP contribution in [-0.4, -0.2) is 63.3 Å². The minimum Gasteiger partial charge on any atom is -0.379 e. The van der Waals surface area contributed by atoms with Crippen molar-refractivity contribution in [1.82, 2.24) is 15.5 Å². The summed E-state index contributed by atoms with van der Waals surface area (Å²) in [6.07, 6.45) is 6.64. The summed E-state index contributed by atoms with van der Waals surface area (Å²) in [5.41, 5.74) is 0. The highest BCUT2D eigenvalue weighted by molar-refractivity contribution is 14.0. The Kier molecular flexibility index (Phi) is 12.0. The number of guanidine groups is 1. The average Bonchev–Trinajstić information content (AvgIpc) is 2.57. The van der Waals surface area contributed by atoms with Crippen LogP contribution in [-0.2, 0) is 4.74 Å². The molecule has 0 amide bonds. The summed E-state index contributed by atoms with van der Waals surface area (Å²) >= 11 is 0. The molecule has 24 heavy (non-hydrogen) atoms. The third-order valence-corrected chi connectivity index (χ3v) is 4.94. The second kappa shape index (κ2) is 13.2. The molecule has 142 valence electrons. The maximum atomic E-state index is 5.39. The zero-order valence-corrected chi connectivity index (χ0v) is 17.9. The van der Waals surface area contributed by atoms with E-state index in [0.717, 1.165) is 76.7 Å². The lowest BCUT2D eigenvalue weighted by molar-refractivity contribution is 0.0376. The van der Waals surface area contributed by atoms with Gasteiger partial charge in [-0.1, -0.05) is 19.8 Å². The zero-order valence-electron chi connectivity index (χ0n) is 15.6. The quantitative estimate of drug-likeness (QED) is 0.270. The first kappa shape index (κ1) is 22.0. The van der Waals surface area contributed by atoms with Crippen LogP contribution in [0.25, 0.3) is 0 Å². The number of aliphatic imine (C=N–C) groups is 1.